The summed E-state index contributed by atoms with van der Waals surface area (Å²) in [7, 11) is 0. The van der Waals surface area contributed by atoms with Crippen LogP contribution in [0.1, 0.15) is 40.1 Å². The molecule has 0 radical (unpaired) electrons. The van der Waals surface area contributed by atoms with Crippen molar-refractivity contribution >= 4 is 11.9 Å². The number of rotatable bonds is 5. The summed E-state index contributed by atoms with van der Waals surface area (Å²) in [4.78, 5) is 28.5. The van der Waals surface area contributed by atoms with Crippen LogP contribution in [0.4, 0.5) is 0 Å². The second-order valence-corrected chi connectivity index (χ2v) is 4.38. The van der Waals surface area contributed by atoms with Gasteiger partial charge in [-0.3, -0.25) is 9.78 Å². The Morgan fingerprint density at radius 3 is 2.68 bits per heavy atom. The summed E-state index contributed by atoms with van der Waals surface area (Å²) in [6.07, 6.45) is 3.36. The van der Waals surface area contributed by atoms with Gasteiger partial charge in [-0.05, 0) is 25.0 Å². The fourth-order valence-corrected chi connectivity index (χ4v) is 1.80. The normalized spacial score (nSPS) is 13.6. The molecule has 1 aliphatic carbocycles. The van der Waals surface area contributed by atoms with E-state index in [4.69, 9.17) is 10.4 Å². The van der Waals surface area contributed by atoms with Gasteiger partial charge in [0, 0.05) is 18.8 Å². The van der Waals surface area contributed by atoms with E-state index >= 15 is 0 Å². The Kier molecular flexibility index (Phi) is 3.76. The molecule has 1 fully saturated rings. The molecule has 0 saturated heterocycles. The van der Waals surface area contributed by atoms with Gasteiger partial charge in [0.1, 0.15) is 5.69 Å². The van der Waals surface area contributed by atoms with Crippen LogP contribution in [0.15, 0.2) is 18.3 Å². The van der Waals surface area contributed by atoms with Gasteiger partial charge in [-0.15, -0.1) is 0 Å². The maximum atomic E-state index is 12.2. The molecule has 0 bridgehead atoms. The van der Waals surface area contributed by atoms with Crippen molar-refractivity contribution < 1.29 is 14.7 Å². The number of hydrogen-bond donors (Lipinski definition) is 1. The van der Waals surface area contributed by atoms with Crippen LogP contribution in [-0.4, -0.2) is 39.5 Å². The number of nitrogens with zero attached hydrogens (tertiary/aromatic N) is 3. The number of amides is 1. The van der Waals surface area contributed by atoms with E-state index in [2.05, 4.69) is 4.98 Å². The molecule has 0 unspecified atom stereocenters. The van der Waals surface area contributed by atoms with Gasteiger partial charge in [0.15, 0.2) is 0 Å². The van der Waals surface area contributed by atoms with E-state index in [1.54, 1.807) is 4.90 Å². The molecule has 6 heteroatoms. The molecule has 1 N–H and O–H groups in total. The van der Waals surface area contributed by atoms with Crippen molar-refractivity contribution in [2.24, 2.45) is 0 Å². The molecule has 1 amide bonds. The molecular formula is C13H13N3O3. The molecule has 0 spiro atoms. The number of hydrogen-bond acceptors (Lipinski definition) is 4. The summed E-state index contributed by atoms with van der Waals surface area (Å²) in [6.45, 7) is 0.391. The van der Waals surface area contributed by atoms with E-state index in [0.717, 1.165) is 12.8 Å². The monoisotopic (exact) mass is 259 g/mol. The molecule has 0 aliphatic heterocycles. The summed E-state index contributed by atoms with van der Waals surface area (Å²) < 4.78 is 0. The van der Waals surface area contributed by atoms with Crippen LogP contribution in [-0.2, 0) is 0 Å². The molecule has 1 saturated carbocycles. The molecule has 1 aromatic heterocycles. The summed E-state index contributed by atoms with van der Waals surface area (Å²) in [5.74, 6) is -1.32. The minimum absolute atomic E-state index is 0.0477. The Morgan fingerprint density at radius 2 is 2.21 bits per heavy atom. The maximum Gasteiger partial charge on any atom is 0.337 e. The number of carbonyl (C=O) groups is 2. The number of aromatic nitrogens is 1. The lowest BCUT2D eigenvalue weighted by atomic mass is 10.2. The average Bonchev–Trinajstić information content (AvgIpc) is 3.23. The summed E-state index contributed by atoms with van der Waals surface area (Å²) in [5.41, 5.74) is 0.265. The Labute approximate surface area is 110 Å². The Hall–Kier alpha value is -2.42. The lowest BCUT2D eigenvalue weighted by Gasteiger charge is -2.20. The maximum absolute atomic E-state index is 12.2. The lowest BCUT2D eigenvalue weighted by molar-refractivity contribution is 0.0691. The fourth-order valence-electron chi connectivity index (χ4n) is 1.80. The third-order valence-electron chi connectivity index (χ3n) is 2.94. The SMILES string of the molecule is N#CCCN(C(=O)c1ccc(C(=O)O)cn1)C1CC1. The van der Waals surface area contributed by atoms with Crippen LogP contribution in [0, 0.1) is 11.3 Å². The number of carboxylic acids is 1. The van der Waals surface area contributed by atoms with Gasteiger partial charge in [-0.25, -0.2) is 4.79 Å². The summed E-state index contributed by atoms with van der Waals surface area (Å²) >= 11 is 0. The van der Waals surface area contributed by atoms with Crippen LogP contribution in [0.5, 0.6) is 0 Å². The minimum Gasteiger partial charge on any atom is -0.478 e. The number of pyridine rings is 1. The van der Waals surface area contributed by atoms with Crippen molar-refractivity contribution in [3.8, 4) is 6.07 Å². The van der Waals surface area contributed by atoms with Gasteiger partial charge in [0.2, 0.25) is 0 Å². The van der Waals surface area contributed by atoms with Crippen LogP contribution in [0.2, 0.25) is 0 Å². The average molecular weight is 259 g/mol. The highest BCUT2D eigenvalue weighted by molar-refractivity contribution is 5.94. The van der Waals surface area contributed by atoms with Crippen LogP contribution in [0.25, 0.3) is 0 Å². The highest BCUT2D eigenvalue weighted by Gasteiger charge is 2.33. The van der Waals surface area contributed by atoms with E-state index in [0.29, 0.717) is 6.54 Å². The second kappa shape index (κ2) is 5.48. The molecule has 0 aromatic carbocycles. The minimum atomic E-state index is -1.07. The number of aromatic carboxylic acids is 1. The molecular weight excluding hydrogens is 246 g/mol. The van der Waals surface area contributed by atoms with Gasteiger partial charge < -0.3 is 10.0 Å². The van der Waals surface area contributed by atoms with Crippen molar-refractivity contribution in [3.63, 3.8) is 0 Å². The molecule has 1 heterocycles. The van der Waals surface area contributed by atoms with E-state index in [1.165, 1.54) is 18.3 Å². The first-order valence-electron chi connectivity index (χ1n) is 6.00. The second-order valence-electron chi connectivity index (χ2n) is 4.38. The first kappa shape index (κ1) is 13.0. The Morgan fingerprint density at radius 1 is 1.47 bits per heavy atom. The zero-order valence-electron chi connectivity index (χ0n) is 10.2. The predicted octanol–water partition coefficient (Wildman–Crippen LogP) is 1.30. The fraction of sp³-hybridized carbons (Fsp3) is 0.385. The molecule has 1 aromatic rings. The highest BCUT2D eigenvalue weighted by atomic mass is 16.4. The first-order valence-corrected chi connectivity index (χ1v) is 6.00. The zero-order valence-corrected chi connectivity index (χ0v) is 10.2. The van der Waals surface area contributed by atoms with Gasteiger partial charge in [0.05, 0.1) is 18.1 Å². The Bertz CT molecular complexity index is 529. The number of carboxylic acid groups (broad SMARTS) is 1. The van der Waals surface area contributed by atoms with Crippen molar-refractivity contribution in [2.75, 3.05) is 6.54 Å². The van der Waals surface area contributed by atoms with Crippen molar-refractivity contribution in [1.82, 2.24) is 9.88 Å². The van der Waals surface area contributed by atoms with Crippen LogP contribution >= 0.6 is 0 Å². The molecule has 19 heavy (non-hydrogen) atoms. The predicted molar refractivity (Wildman–Crippen MR) is 65.5 cm³/mol. The third-order valence-corrected chi connectivity index (χ3v) is 2.94. The molecule has 2 rings (SSSR count). The first-order chi connectivity index (χ1) is 9.13. The number of carbonyl (C=O) groups excluding carboxylic acids is 1. The van der Waals surface area contributed by atoms with E-state index in [9.17, 15) is 9.59 Å². The summed E-state index contributed by atoms with van der Waals surface area (Å²) in [5, 5.41) is 17.4. The number of nitriles is 1. The molecule has 0 atom stereocenters. The van der Waals surface area contributed by atoms with Crippen molar-refractivity contribution in [1.29, 1.82) is 5.26 Å². The molecule has 1 aliphatic rings. The van der Waals surface area contributed by atoms with Crippen molar-refractivity contribution in [2.45, 2.75) is 25.3 Å². The highest BCUT2D eigenvalue weighted by Crippen LogP contribution is 2.28. The smallest absolute Gasteiger partial charge is 0.337 e. The van der Waals surface area contributed by atoms with Gasteiger partial charge in [0.25, 0.3) is 5.91 Å². The quantitative estimate of drug-likeness (QED) is 0.860. The third kappa shape index (κ3) is 3.07. The Balaban J connectivity index is 2.12. The van der Waals surface area contributed by atoms with E-state index in [1.807, 2.05) is 6.07 Å². The topological polar surface area (TPSA) is 94.3 Å². The zero-order chi connectivity index (χ0) is 13.8. The summed E-state index contributed by atoms with van der Waals surface area (Å²) in [6, 6.07) is 4.98. The molecule has 6 nitrogen and oxygen atoms in total. The van der Waals surface area contributed by atoms with Crippen LogP contribution < -0.4 is 0 Å². The van der Waals surface area contributed by atoms with Crippen LogP contribution in [0.3, 0.4) is 0 Å². The van der Waals surface area contributed by atoms with E-state index in [-0.39, 0.29) is 29.6 Å². The van der Waals surface area contributed by atoms with E-state index < -0.39 is 5.97 Å². The van der Waals surface area contributed by atoms with Gasteiger partial charge in [-0.1, -0.05) is 0 Å². The van der Waals surface area contributed by atoms with Gasteiger partial charge in [-0.2, -0.15) is 5.26 Å². The van der Waals surface area contributed by atoms with Crippen molar-refractivity contribution in [3.05, 3.63) is 29.6 Å². The van der Waals surface area contributed by atoms with Gasteiger partial charge >= 0.3 is 5.97 Å². The largest absolute Gasteiger partial charge is 0.478 e. The molecule has 98 valence electrons. The standard InChI is InChI=1S/C13H13N3O3/c14-6-1-7-16(10-3-4-10)12(17)11-5-2-9(8-15-11)13(18)19/h2,5,8,10H,1,3-4,7H2,(H,18,19). The lowest BCUT2D eigenvalue weighted by Crippen LogP contribution is -2.34.